The molecule has 1 unspecified atom stereocenters. The third-order valence-corrected chi connectivity index (χ3v) is 4.75. The summed E-state index contributed by atoms with van der Waals surface area (Å²) < 4.78 is 5.94. The van der Waals surface area contributed by atoms with Gasteiger partial charge in [0.15, 0.2) is 0 Å². The van der Waals surface area contributed by atoms with Gasteiger partial charge in [-0.05, 0) is 40.8 Å². The molecular weight excluding hydrogens is 276 g/mol. The number of methoxy groups -OCH3 is 1. The molecule has 1 aliphatic rings. The normalized spacial score (nSPS) is 18.3. The molecule has 0 bridgehead atoms. The molecule has 1 saturated carbocycles. The third-order valence-electron chi connectivity index (χ3n) is 2.97. The Morgan fingerprint density at radius 2 is 2.40 bits per heavy atom. The molecule has 2 rings (SSSR count). The minimum Gasteiger partial charge on any atom is -0.469 e. The maximum atomic E-state index is 11.7. The van der Waals surface area contributed by atoms with Crippen LogP contribution in [0.4, 0.5) is 0 Å². The quantitative estimate of drug-likeness (QED) is 0.795. The van der Waals surface area contributed by atoms with E-state index in [1.807, 2.05) is 11.4 Å². The fraction of sp³-hybridized carbons (Fsp3) is 0.545. The maximum absolute atomic E-state index is 11.7. The molecule has 0 amide bonds. The number of hydrogen-bond donors (Lipinski definition) is 0. The van der Waals surface area contributed by atoms with Crippen LogP contribution in [0, 0.1) is 5.92 Å². The molecule has 82 valence electrons. The average molecular weight is 289 g/mol. The summed E-state index contributed by atoms with van der Waals surface area (Å²) in [5, 5.41) is 2.02. The highest BCUT2D eigenvalue weighted by Gasteiger charge is 2.35. The van der Waals surface area contributed by atoms with Crippen molar-refractivity contribution in [2.24, 2.45) is 5.92 Å². The predicted octanol–water partition coefficient (Wildman–Crippen LogP) is 3.57. The van der Waals surface area contributed by atoms with Gasteiger partial charge in [-0.2, -0.15) is 0 Å². The van der Waals surface area contributed by atoms with Crippen molar-refractivity contribution in [1.82, 2.24) is 0 Å². The molecule has 2 nitrogen and oxygen atoms in total. The lowest BCUT2D eigenvalue weighted by Gasteiger charge is -2.31. The van der Waals surface area contributed by atoms with Gasteiger partial charge >= 0.3 is 5.97 Å². The lowest BCUT2D eigenvalue weighted by Crippen LogP contribution is -2.27. The van der Waals surface area contributed by atoms with Crippen LogP contribution in [-0.4, -0.2) is 13.1 Å². The highest BCUT2D eigenvalue weighted by atomic mass is 79.9. The van der Waals surface area contributed by atoms with Crippen LogP contribution >= 0.6 is 27.3 Å². The first-order chi connectivity index (χ1) is 7.22. The van der Waals surface area contributed by atoms with E-state index in [1.165, 1.54) is 13.5 Å². The van der Waals surface area contributed by atoms with Crippen molar-refractivity contribution < 1.29 is 9.53 Å². The van der Waals surface area contributed by atoms with Gasteiger partial charge in [0, 0.05) is 14.7 Å². The summed E-state index contributed by atoms with van der Waals surface area (Å²) >= 11 is 5.05. The molecule has 15 heavy (non-hydrogen) atoms. The van der Waals surface area contributed by atoms with Crippen molar-refractivity contribution in [3.8, 4) is 0 Å². The minimum atomic E-state index is -0.0888. The van der Waals surface area contributed by atoms with Gasteiger partial charge in [-0.15, -0.1) is 11.3 Å². The zero-order valence-corrected chi connectivity index (χ0v) is 10.9. The predicted molar refractivity (Wildman–Crippen MR) is 64.1 cm³/mol. The number of hydrogen-bond acceptors (Lipinski definition) is 3. The van der Waals surface area contributed by atoms with Crippen LogP contribution in [0.1, 0.15) is 30.1 Å². The molecule has 4 heteroatoms. The SMILES string of the molecule is COC(=O)C(c1cc(Br)cs1)C1CCC1. The van der Waals surface area contributed by atoms with Crippen LogP contribution < -0.4 is 0 Å². The van der Waals surface area contributed by atoms with E-state index in [1.54, 1.807) is 11.3 Å². The van der Waals surface area contributed by atoms with Crippen LogP contribution in [0.2, 0.25) is 0 Å². The highest BCUT2D eigenvalue weighted by Crippen LogP contribution is 2.42. The Bertz CT molecular complexity index is 357. The van der Waals surface area contributed by atoms with Gasteiger partial charge in [-0.3, -0.25) is 4.79 Å². The van der Waals surface area contributed by atoms with E-state index >= 15 is 0 Å². The number of carbonyl (C=O) groups is 1. The monoisotopic (exact) mass is 288 g/mol. The molecule has 0 radical (unpaired) electrons. The second kappa shape index (κ2) is 4.66. The van der Waals surface area contributed by atoms with Crippen molar-refractivity contribution in [2.45, 2.75) is 25.2 Å². The van der Waals surface area contributed by atoms with Gasteiger partial charge in [0.1, 0.15) is 0 Å². The molecule has 1 atom stereocenters. The average Bonchev–Trinajstić information content (AvgIpc) is 2.56. The highest BCUT2D eigenvalue weighted by molar-refractivity contribution is 9.10. The molecule has 0 spiro atoms. The first kappa shape index (κ1) is 11.1. The Morgan fingerprint density at radius 3 is 2.80 bits per heavy atom. The molecular formula is C11H13BrO2S. The molecule has 1 aromatic heterocycles. The zero-order chi connectivity index (χ0) is 10.8. The Balaban J connectivity index is 2.21. The molecule has 0 aromatic carbocycles. The molecule has 1 heterocycles. The Hall–Kier alpha value is -0.350. The van der Waals surface area contributed by atoms with Crippen molar-refractivity contribution in [2.75, 3.05) is 7.11 Å². The summed E-state index contributed by atoms with van der Waals surface area (Å²) in [5.74, 6) is 0.358. The van der Waals surface area contributed by atoms with Crippen molar-refractivity contribution >= 4 is 33.2 Å². The topological polar surface area (TPSA) is 26.3 Å². The molecule has 1 fully saturated rings. The summed E-state index contributed by atoms with van der Waals surface area (Å²) in [6.45, 7) is 0. The first-order valence-corrected chi connectivity index (χ1v) is 6.71. The van der Waals surface area contributed by atoms with Crippen LogP contribution in [0.25, 0.3) is 0 Å². The fourth-order valence-corrected chi connectivity index (χ4v) is 3.56. The van der Waals surface area contributed by atoms with Crippen molar-refractivity contribution in [3.05, 3.63) is 20.8 Å². The standard InChI is InChI=1S/C11H13BrO2S/c1-14-11(13)10(7-3-2-4-7)9-5-8(12)6-15-9/h5-7,10H,2-4H2,1H3. The lowest BCUT2D eigenvalue weighted by molar-refractivity contribution is -0.144. The van der Waals surface area contributed by atoms with Gasteiger partial charge < -0.3 is 4.74 Å². The molecule has 0 aliphatic heterocycles. The molecule has 0 N–H and O–H groups in total. The number of carbonyl (C=O) groups excluding carboxylic acids is 1. The largest absolute Gasteiger partial charge is 0.469 e. The number of esters is 1. The number of thiophene rings is 1. The van der Waals surface area contributed by atoms with Gasteiger partial charge in [-0.25, -0.2) is 0 Å². The van der Waals surface area contributed by atoms with Gasteiger partial charge in [0.05, 0.1) is 13.0 Å². The van der Waals surface area contributed by atoms with Crippen molar-refractivity contribution in [1.29, 1.82) is 0 Å². The van der Waals surface area contributed by atoms with E-state index in [-0.39, 0.29) is 11.9 Å². The lowest BCUT2D eigenvalue weighted by atomic mass is 9.75. The van der Waals surface area contributed by atoms with Gasteiger partial charge in [0.25, 0.3) is 0 Å². The second-order valence-electron chi connectivity index (χ2n) is 3.86. The van der Waals surface area contributed by atoms with E-state index in [9.17, 15) is 4.79 Å². The van der Waals surface area contributed by atoms with Crippen molar-refractivity contribution in [3.63, 3.8) is 0 Å². The summed E-state index contributed by atoms with van der Waals surface area (Å²) in [6.07, 6.45) is 3.54. The van der Waals surface area contributed by atoms with Gasteiger partial charge in [0.2, 0.25) is 0 Å². The Morgan fingerprint density at radius 1 is 1.67 bits per heavy atom. The maximum Gasteiger partial charge on any atom is 0.314 e. The van der Waals surface area contributed by atoms with Gasteiger partial charge in [-0.1, -0.05) is 6.42 Å². The van der Waals surface area contributed by atoms with E-state index in [4.69, 9.17) is 4.74 Å². The second-order valence-corrected chi connectivity index (χ2v) is 5.72. The van der Waals surface area contributed by atoms with E-state index in [0.29, 0.717) is 5.92 Å². The van der Waals surface area contributed by atoms with E-state index in [0.717, 1.165) is 22.2 Å². The summed E-state index contributed by atoms with van der Waals surface area (Å²) in [5.41, 5.74) is 0. The minimum absolute atomic E-state index is 0.0416. The summed E-state index contributed by atoms with van der Waals surface area (Å²) in [7, 11) is 1.47. The number of ether oxygens (including phenoxy) is 1. The number of halogens is 1. The first-order valence-electron chi connectivity index (χ1n) is 5.04. The van der Waals surface area contributed by atoms with Crippen LogP contribution in [0.15, 0.2) is 15.9 Å². The Labute approximate surface area is 102 Å². The molecule has 1 aromatic rings. The van der Waals surface area contributed by atoms with E-state index in [2.05, 4.69) is 15.9 Å². The van der Waals surface area contributed by atoms with Crippen LogP contribution in [-0.2, 0) is 9.53 Å². The number of rotatable bonds is 3. The Kier molecular flexibility index (Phi) is 3.46. The smallest absolute Gasteiger partial charge is 0.314 e. The zero-order valence-electron chi connectivity index (χ0n) is 8.53. The van der Waals surface area contributed by atoms with Crippen LogP contribution in [0.5, 0.6) is 0 Å². The third kappa shape index (κ3) is 2.26. The van der Waals surface area contributed by atoms with E-state index < -0.39 is 0 Å². The van der Waals surface area contributed by atoms with Crippen LogP contribution in [0.3, 0.4) is 0 Å². The fourth-order valence-electron chi connectivity index (χ4n) is 1.93. The molecule has 0 saturated heterocycles. The summed E-state index contributed by atoms with van der Waals surface area (Å²) in [6, 6.07) is 2.03. The summed E-state index contributed by atoms with van der Waals surface area (Å²) in [4.78, 5) is 12.8. The molecule has 1 aliphatic carbocycles.